The lowest BCUT2D eigenvalue weighted by Crippen LogP contribution is -2.21. The summed E-state index contributed by atoms with van der Waals surface area (Å²) in [5.74, 6) is 0.802. The van der Waals surface area contributed by atoms with Crippen LogP contribution in [-0.4, -0.2) is 6.04 Å². The van der Waals surface area contributed by atoms with Crippen LogP contribution in [0.2, 0.25) is 10.0 Å². The number of benzene rings is 2. The van der Waals surface area contributed by atoms with E-state index in [1.165, 1.54) is 12.1 Å². The Morgan fingerprint density at radius 1 is 1.14 bits per heavy atom. The minimum Gasteiger partial charge on any atom is -0.457 e. The summed E-state index contributed by atoms with van der Waals surface area (Å²) >= 11 is 11.8. The average Bonchev–Trinajstić information content (AvgIpc) is 2.45. The molecule has 0 amide bonds. The summed E-state index contributed by atoms with van der Waals surface area (Å²) < 4.78 is 19.2. The van der Waals surface area contributed by atoms with E-state index >= 15 is 0 Å². The molecule has 5 heteroatoms. The Balaban J connectivity index is 2.28. The van der Waals surface area contributed by atoms with Gasteiger partial charge in [-0.05, 0) is 48.7 Å². The summed E-state index contributed by atoms with van der Waals surface area (Å²) in [7, 11) is 0. The van der Waals surface area contributed by atoms with Crippen molar-refractivity contribution >= 4 is 23.2 Å². The highest BCUT2D eigenvalue weighted by molar-refractivity contribution is 6.42. The molecule has 0 fully saturated rings. The molecule has 2 aromatic rings. The molecule has 0 saturated heterocycles. The van der Waals surface area contributed by atoms with Crippen LogP contribution < -0.4 is 10.5 Å². The Labute approximate surface area is 133 Å². The predicted octanol–water partition coefficient (Wildman–Crippen LogP) is 5.20. The minimum atomic E-state index is -0.310. The molecule has 0 aromatic heterocycles. The maximum Gasteiger partial charge on any atom is 0.130 e. The molecule has 0 saturated carbocycles. The van der Waals surface area contributed by atoms with Crippen LogP contribution in [0.25, 0.3) is 0 Å². The van der Waals surface area contributed by atoms with Gasteiger partial charge in [0, 0.05) is 12.1 Å². The lowest BCUT2D eigenvalue weighted by atomic mass is 10.0. The number of halogens is 3. The fraction of sp³-hybridized carbons (Fsp3) is 0.250. The smallest absolute Gasteiger partial charge is 0.130 e. The Morgan fingerprint density at radius 3 is 2.57 bits per heavy atom. The van der Waals surface area contributed by atoms with E-state index in [9.17, 15) is 4.39 Å². The lowest BCUT2D eigenvalue weighted by Gasteiger charge is -2.14. The van der Waals surface area contributed by atoms with Crippen molar-refractivity contribution in [2.45, 2.75) is 25.8 Å². The number of nitrogens with two attached hydrogens (primary N) is 1. The predicted molar refractivity (Wildman–Crippen MR) is 84.9 cm³/mol. The first-order valence-corrected chi connectivity index (χ1v) is 7.42. The normalized spacial score (nSPS) is 12.2. The van der Waals surface area contributed by atoms with Crippen molar-refractivity contribution < 1.29 is 9.13 Å². The molecule has 0 aliphatic carbocycles. The van der Waals surface area contributed by atoms with E-state index < -0.39 is 0 Å². The first-order chi connectivity index (χ1) is 9.99. The van der Waals surface area contributed by atoms with Gasteiger partial charge in [0.15, 0.2) is 0 Å². The van der Waals surface area contributed by atoms with Gasteiger partial charge in [0.25, 0.3) is 0 Å². The number of hydrogen-bond donors (Lipinski definition) is 1. The van der Waals surface area contributed by atoms with Crippen molar-refractivity contribution in [2.24, 2.45) is 5.73 Å². The third-order valence-electron chi connectivity index (χ3n) is 3.15. The van der Waals surface area contributed by atoms with Crippen LogP contribution in [-0.2, 0) is 6.42 Å². The van der Waals surface area contributed by atoms with Crippen molar-refractivity contribution in [1.82, 2.24) is 0 Å². The van der Waals surface area contributed by atoms with Gasteiger partial charge in [0.05, 0.1) is 10.0 Å². The SMILES string of the molecule is CCC(N)Cc1cc(F)ccc1Oc1ccc(Cl)c(Cl)c1. The van der Waals surface area contributed by atoms with E-state index in [-0.39, 0.29) is 11.9 Å². The summed E-state index contributed by atoms with van der Waals surface area (Å²) in [4.78, 5) is 0. The molecule has 0 bridgehead atoms. The van der Waals surface area contributed by atoms with Gasteiger partial charge in [-0.2, -0.15) is 0 Å². The molecule has 0 aliphatic rings. The summed E-state index contributed by atoms with van der Waals surface area (Å²) in [6.45, 7) is 1.99. The topological polar surface area (TPSA) is 35.2 Å². The van der Waals surface area contributed by atoms with Gasteiger partial charge in [-0.25, -0.2) is 4.39 Å². The highest BCUT2D eigenvalue weighted by atomic mass is 35.5. The van der Waals surface area contributed by atoms with Crippen LogP contribution in [0, 0.1) is 5.82 Å². The van der Waals surface area contributed by atoms with E-state index in [0.29, 0.717) is 28.0 Å². The van der Waals surface area contributed by atoms with Crippen LogP contribution in [0.15, 0.2) is 36.4 Å². The van der Waals surface area contributed by atoms with Crippen LogP contribution in [0.1, 0.15) is 18.9 Å². The van der Waals surface area contributed by atoms with Crippen LogP contribution in [0.4, 0.5) is 4.39 Å². The third kappa shape index (κ3) is 4.34. The van der Waals surface area contributed by atoms with Crippen LogP contribution >= 0.6 is 23.2 Å². The molecular weight excluding hydrogens is 312 g/mol. The second-order valence-corrected chi connectivity index (χ2v) is 5.62. The van der Waals surface area contributed by atoms with Gasteiger partial charge in [0.2, 0.25) is 0 Å². The molecule has 2 rings (SSSR count). The quantitative estimate of drug-likeness (QED) is 0.818. The molecule has 2 N–H and O–H groups in total. The number of rotatable bonds is 5. The van der Waals surface area contributed by atoms with Crippen molar-refractivity contribution in [3.8, 4) is 11.5 Å². The highest BCUT2D eigenvalue weighted by Crippen LogP contribution is 2.31. The van der Waals surface area contributed by atoms with Crippen molar-refractivity contribution in [3.05, 3.63) is 57.8 Å². The molecule has 1 atom stereocenters. The highest BCUT2D eigenvalue weighted by Gasteiger charge is 2.11. The van der Waals surface area contributed by atoms with Gasteiger partial charge in [0.1, 0.15) is 17.3 Å². The maximum absolute atomic E-state index is 13.4. The molecule has 112 valence electrons. The molecule has 0 heterocycles. The van der Waals surface area contributed by atoms with Crippen molar-refractivity contribution in [1.29, 1.82) is 0 Å². The zero-order valence-corrected chi connectivity index (χ0v) is 13.1. The molecule has 0 radical (unpaired) electrons. The molecular formula is C16H16Cl2FNO. The molecule has 2 nitrogen and oxygen atoms in total. The van der Waals surface area contributed by atoms with Gasteiger partial charge in [-0.3, -0.25) is 0 Å². The third-order valence-corrected chi connectivity index (χ3v) is 3.89. The van der Waals surface area contributed by atoms with Gasteiger partial charge >= 0.3 is 0 Å². The fourth-order valence-electron chi connectivity index (χ4n) is 1.90. The summed E-state index contributed by atoms with van der Waals surface area (Å²) in [6, 6.07) is 9.34. The lowest BCUT2D eigenvalue weighted by molar-refractivity contribution is 0.469. The fourth-order valence-corrected chi connectivity index (χ4v) is 2.19. The molecule has 0 spiro atoms. The van der Waals surface area contributed by atoms with Crippen LogP contribution in [0.5, 0.6) is 11.5 Å². The summed E-state index contributed by atoms with van der Waals surface area (Å²) in [5.41, 5.74) is 6.68. The minimum absolute atomic E-state index is 0.0389. The van der Waals surface area contributed by atoms with E-state index in [0.717, 1.165) is 12.0 Å². The van der Waals surface area contributed by atoms with Gasteiger partial charge in [-0.1, -0.05) is 30.1 Å². The zero-order chi connectivity index (χ0) is 15.4. The van der Waals surface area contributed by atoms with Crippen molar-refractivity contribution in [3.63, 3.8) is 0 Å². The van der Waals surface area contributed by atoms with E-state index in [4.69, 9.17) is 33.7 Å². The second kappa shape index (κ2) is 7.12. The monoisotopic (exact) mass is 327 g/mol. The first-order valence-electron chi connectivity index (χ1n) is 6.66. The zero-order valence-electron chi connectivity index (χ0n) is 11.6. The van der Waals surface area contributed by atoms with Gasteiger partial charge in [-0.15, -0.1) is 0 Å². The number of hydrogen-bond acceptors (Lipinski definition) is 2. The molecule has 2 aromatic carbocycles. The Morgan fingerprint density at radius 2 is 1.90 bits per heavy atom. The number of ether oxygens (including phenoxy) is 1. The second-order valence-electron chi connectivity index (χ2n) is 4.80. The summed E-state index contributed by atoms with van der Waals surface area (Å²) in [5, 5.41) is 0.861. The van der Waals surface area contributed by atoms with E-state index in [1.807, 2.05) is 6.92 Å². The molecule has 0 aliphatic heterocycles. The maximum atomic E-state index is 13.4. The Hall–Kier alpha value is -1.29. The van der Waals surface area contributed by atoms with Crippen LogP contribution in [0.3, 0.4) is 0 Å². The standard InChI is InChI=1S/C16H16Cl2FNO/c1-2-12(20)8-10-7-11(19)3-6-16(10)21-13-4-5-14(17)15(18)9-13/h3-7,9,12H,2,8,20H2,1H3. The average molecular weight is 328 g/mol. The Bertz CT molecular complexity index is 634. The van der Waals surface area contributed by atoms with E-state index in [1.54, 1.807) is 24.3 Å². The largest absolute Gasteiger partial charge is 0.457 e. The molecule has 1 unspecified atom stereocenters. The first kappa shape index (κ1) is 16.1. The van der Waals surface area contributed by atoms with Crippen molar-refractivity contribution in [2.75, 3.05) is 0 Å². The van der Waals surface area contributed by atoms with Gasteiger partial charge < -0.3 is 10.5 Å². The summed E-state index contributed by atoms with van der Waals surface area (Å²) in [6.07, 6.45) is 1.35. The molecule has 21 heavy (non-hydrogen) atoms. The van der Waals surface area contributed by atoms with E-state index in [2.05, 4.69) is 0 Å². The Kier molecular flexibility index (Phi) is 5.45.